The molecule has 10 heteroatoms. The molecule has 0 unspecified atom stereocenters. The van der Waals surface area contributed by atoms with Gasteiger partial charge in [0, 0.05) is 13.8 Å². The molecule has 22 heavy (non-hydrogen) atoms. The number of carbonyl (C=O) groups is 3. The first-order valence-electron chi connectivity index (χ1n) is 5.89. The minimum absolute atomic E-state index is 0.108. The summed E-state index contributed by atoms with van der Waals surface area (Å²) in [6.07, 6.45) is 0.531. The van der Waals surface area contributed by atoms with Crippen LogP contribution in [0.15, 0.2) is 0 Å². The van der Waals surface area contributed by atoms with Crippen molar-refractivity contribution in [3.63, 3.8) is 0 Å². The fraction of sp³-hybridized carbons (Fsp3) is 0.250. The van der Waals surface area contributed by atoms with Crippen LogP contribution in [0.1, 0.15) is 49.4 Å². The Bertz CT molecular complexity index is 708. The van der Waals surface area contributed by atoms with Crippen LogP contribution >= 0.6 is 22.7 Å². The van der Waals surface area contributed by atoms with Crippen molar-refractivity contribution in [3.05, 3.63) is 21.1 Å². The van der Waals surface area contributed by atoms with E-state index in [1.807, 2.05) is 0 Å². The van der Waals surface area contributed by atoms with Crippen LogP contribution in [0.4, 0.5) is 10.3 Å². The second kappa shape index (κ2) is 7.73. The van der Waals surface area contributed by atoms with E-state index in [1.54, 1.807) is 0 Å². The van der Waals surface area contributed by atoms with E-state index in [2.05, 4.69) is 9.97 Å². The van der Waals surface area contributed by atoms with Crippen molar-refractivity contribution < 1.29 is 19.5 Å². The second-order valence-corrected chi connectivity index (χ2v) is 6.04. The first kappa shape index (κ1) is 17.9. The Morgan fingerprint density at radius 3 is 1.95 bits per heavy atom. The summed E-state index contributed by atoms with van der Waals surface area (Å²) in [5.41, 5.74) is 11.1. The number of aldehydes is 1. The van der Waals surface area contributed by atoms with E-state index in [1.165, 1.54) is 13.8 Å². The van der Waals surface area contributed by atoms with Crippen molar-refractivity contribution in [2.45, 2.75) is 20.5 Å². The molecule has 0 radical (unpaired) electrons. The third-order valence-electron chi connectivity index (χ3n) is 2.28. The molecule has 118 valence electrons. The SMILES string of the molecule is CC(=O)c1sc(N)nc1C=O.CC(=O)c1sc(N)nc1CO. The summed E-state index contributed by atoms with van der Waals surface area (Å²) in [7, 11) is 0. The highest BCUT2D eigenvalue weighted by Gasteiger charge is 2.12. The molecule has 8 nitrogen and oxygen atoms in total. The number of aliphatic hydroxyl groups excluding tert-OH is 1. The summed E-state index contributed by atoms with van der Waals surface area (Å²) in [6, 6.07) is 0. The summed E-state index contributed by atoms with van der Waals surface area (Å²) in [4.78, 5) is 40.1. The van der Waals surface area contributed by atoms with Gasteiger partial charge in [0.05, 0.1) is 17.2 Å². The van der Waals surface area contributed by atoms with Crippen molar-refractivity contribution in [1.29, 1.82) is 0 Å². The fourth-order valence-electron chi connectivity index (χ4n) is 1.43. The van der Waals surface area contributed by atoms with Gasteiger partial charge in [-0.1, -0.05) is 22.7 Å². The molecule has 0 bridgehead atoms. The number of hydrogen-bond acceptors (Lipinski definition) is 10. The Morgan fingerprint density at radius 2 is 1.59 bits per heavy atom. The monoisotopic (exact) mass is 342 g/mol. The molecule has 0 aliphatic carbocycles. The van der Waals surface area contributed by atoms with Crippen LogP contribution in [-0.2, 0) is 6.61 Å². The van der Waals surface area contributed by atoms with E-state index in [-0.39, 0.29) is 29.0 Å². The highest BCUT2D eigenvalue weighted by molar-refractivity contribution is 7.17. The largest absolute Gasteiger partial charge is 0.390 e. The van der Waals surface area contributed by atoms with Crippen LogP contribution in [0, 0.1) is 0 Å². The molecule has 2 rings (SSSR count). The first-order valence-corrected chi connectivity index (χ1v) is 7.52. The summed E-state index contributed by atoms with van der Waals surface area (Å²) in [5.74, 6) is -0.287. The summed E-state index contributed by atoms with van der Waals surface area (Å²) < 4.78 is 0. The lowest BCUT2D eigenvalue weighted by atomic mass is 10.3. The van der Waals surface area contributed by atoms with E-state index in [9.17, 15) is 14.4 Å². The predicted molar refractivity (Wildman–Crippen MR) is 84.4 cm³/mol. The Hall–Kier alpha value is -2.17. The van der Waals surface area contributed by atoms with Gasteiger partial charge in [-0.15, -0.1) is 0 Å². The number of aliphatic hydroxyl groups is 1. The number of nitrogen functional groups attached to an aromatic ring is 2. The molecule has 0 aromatic carbocycles. The smallest absolute Gasteiger partial charge is 0.181 e. The Kier molecular flexibility index (Phi) is 6.28. The Labute approximate surface area is 133 Å². The average Bonchev–Trinajstić information content (AvgIpc) is 3.02. The third kappa shape index (κ3) is 4.41. The number of carbonyl (C=O) groups excluding carboxylic acids is 3. The van der Waals surface area contributed by atoms with Gasteiger partial charge in [-0.25, -0.2) is 9.97 Å². The zero-order valence-corrected chi connectivity index (χ0v) is 13.5. The van der Waals surface area contributed by atoms with E-state index in [4.69, 9.17) is 16.6 Å². The lowest BCUT2D eigenvalue weighted by Crippen LogP contribution is -1.95. The van der Waals surface area contributed by atoms with Gasteiger partial charge in [-0.2, -0.15) is 0 Å². The van der Waals surface area contributed by atoms with Crippen LogP contribution in [0.5, 0.6) is 0 Å². The average molecular weight is 342 g/mol. The number of hydrogen-bond donors (Lipinski definition) is 3. The van der Waals surface area contributed by atoms with Gasteiger partial charge in [-0.3, -0.25) is 14.4 Å². The van der Waals surface area contributed by atoms with Crippen molar-refractivity contribution in [1.82, 2.24) is 9.97 Å². The highest BCUT2D eigenvalue weighted by atomic mass is 32.1. The van der Waals surface area contributed by atoms with Crippen LogP contribution < -0.4 is 11.5 Å². The Morgan fingerprint density at radius 1 is 1.09 bits per heavy atom. The zero-order chi connectivity index (χ0) is 16.9. The first-order chi connectivity index (χ1) is 10.3. The number of Topliss-reactive ketones (excluding diaryl/α,β-unsaturated/α-hetero) is 2. The van der Waals surface area contributed by atoms with E-state index >= 15 is 0 Å². The molecule has 0 saturated carbocycles. The summed E-state index contributed by atoms with van der Waals surface area (Å²) in [6.45, 7) is 2.56. The van der Waals surface area contributed by atoms with Crippen molar-refractivity contribution in [3.8, 4) is 0 Å². The number of aromatic nitrogens is 2. The van der Waals surface area contributed by atoms with Gasteiger partial charge < -0.3 is 16.6 Å². The molecule has 0 amide bonds. The van der Waals surface area contributed by atoms with Gasteiger partial charge in [-0.05, 0) is 0 Å². The van der Waals surface area contributed by atoms with Crippen molar-refractivity contribution >= 4 is 50.8 Å². The Balaban J connectivity index is 0.000000220. The van der Waals surface area contributed by atoms with E-state index in [0.717, 1.165) is 22.7 Å². The minimum Gasteiger partial charge on any atom is -0.390 e. The summed E-state index contributed by atoms with van der Waals surface area (Å²) in [5, 5.41) is 9.28. The van der Waals surface area contributed by atoms with Crippen LogP contribution in [0.2, 0.25) is 0 Å². The van der Waals surface area contributed by atoms with Gasteiger partial charge in [0.1, 0.15) is 10.6 Å². The molecule has 0 spiro atoms. The number of thiazole rings is 2. The number of rotatable bonds is 4. The molecule has 2 aromatic rings. The molecule has 0 fully saturated rings. The minimum atomic E-state index is -0.234. The van der Waals surface area contributed by atoms with Gasteiger partial charge >= 0.3 is 0 Å². The lowest BCUT2D eigenvalue weighted by Gasteiger charge is -1.89. The molecule has 0 aliphatic rings. The van der Waals surface area contributed by atoms with Gasteiger partial charge in [0.2, 0.25) is 0 Å². The van der Waals surface area contributed by atoms with Crippen molar-refractivity contribution in [2.75, 3.05) is 11.5 Å². The maximum atomic E-state index is 10.8. The van der Waals surface area contributed by atoms with Crippen LogP contribution in [0.3, 0.4) is 0 Å². The van der Waals surface area contributed by atoms with Crippen LogP contribution in [-0.4, -0.2) is 32.9 Å². The quantitative estimate of drug-likeness (QED) is 0.553. The van der Waals surface area contributed by atoms with E-state index in [0.29, 0.717) is 26.9 Å². The van der Waals surface area contributed by atoms with Crippen molar-refractivity contribution in [2.24, 2.45) is 0 Å². The number of nitrogens with zero attached hydrogens (tertiary/aromatic N) is 2. The molecular weight excluding hydrogens is 328 g/mol. The fourth-order valence-corrected chi connectivity index (χ4v) is 2.87. The molecule has 5 N–H and O–H groups in total. The van der Waals surface area contributed by atoms with E-state index < -0.39 is 0 Å². The maximum absolute atomic E-state index is 10.8. The third-order valence-corrected chi connectivity index (χ3v) is 4.31. The molecule has 0 saturated heterocycles. The standard InChI is InChI=1S/C6H8N2O2S.C6H6N2O2S/c2*1-3(10)5-4(2-9)8-6(7)11-5/h9H,2H2,1H3,(H2,7,8);2H,1H3,(H2,7,8). The predicted octanol–water partition coefficient (Wildman–Crippen LogP) is 1.16. The van der Waals surface area contributed by atoms with Gasteiger partial charge in [0.25, 0.3) is 0 Å². The zero-order valence-electron chi connectivity index (χ0n) is 11.8. The molecule has 2 aromatic heterocycles. The lowest BCUT2D eigenvalue weighted by molar-refractivity contribution is 0.100. The molecule has 0 aliphatic heterocycles. The van der Waals surface area contributed by atoms with Gasteiger partial charge in [0.15, 0.2) is 28.1 Å². The molecular formula is C12H14N4O4S2. The number of anilines is 2. The second-order valence-electron chi connectivity index (χ2n) is 3.98. The molecule has 2 heterocycles. The highest BCUT2D eigenvalue weighted by Crippen LogP contribution is 2.20. The normalized spacial score (nSPS) is 9.77. The number of nitrogens with two attached hydrogens (primary N) is 2. The topological polar surface area (TPSA) is 149 Å². The number of ketones is 2. The van der Waals surface area contributed by atoms with Crippen LogP contribution in [0.25, 0.3) is 0 Å². The maximum Gasteiger partial charge on any atom is 0.181 e. The summed E-state index contributed by atoms with van der Waals surface area (Å²) >= 11 is 2.14. The molecule has 0 atom stereocenters.